The number of fused-ring (bicyclic) bond motifs is 1. The van der Waals surface area contributed by atoms with Crippen LogP contribution in [0.2, 0.25) is 0 Å². The smallest absolute Gasteiger partial charge is 0.453 e. The van der Waals surface area contributed by atoms with Crippen LogP contribution in [0.15, 0.2) is 24.3 Å². The van der Waals surface area contributed by atoms with Crippen LogP contribution in [-0.4, -0.2) is 30.9 Å². The molecule has 0 amide bonds. The van der Waals surface area contributed by atoms with Crippen LogP contribution in [-0.2, 0) is 19.1 Å². The van der Waals surface area contributed by atoms with Crippen molar-refractivity contribution in [1.29, 1.82) is 0 Å². The fraction of sp³-hybridized carbons (Fsp3) is 0.579. The Kier molecular flexibility index (Phi) is 6.28. The molecule has 1 aromatic rings. The molecular weight excluding hydrogens is 324 g/mol. The van der Waals surface area contributed by atoms with E-state index in [9.17, 15) is 9.59 Å². The Balaban J connectivity index is 2.12. The highest BCUT2D eigenvalue weighted by Gasteiger charge is 2.59. The Hall–Kier alpha value is -2.24. The van der Waals surface area contributed by atoms with Crippen molar-refractivity contribution in [3.8, 4) is 11.5 Å². The molecule has 1 aromatic carbocycles. The molecule has 0 radical (unpaired) electrons. The van der Waals surface area contributed by atoms with Gasteiger partial charge in [-0.05, 0) is 36.8 Å². The average Bonchev–Trinajstić information content (AvgIpc) is 2.94. The molecule has 138 valence electrons. The van der Waals surface area contributed by atoms with Crippen molar-refractivity contribution in [2.45, 2.75) is 46.3 Å². The van der Waals surface area contributed by atoms with Gasteiger partial charge in [0.05, 0.1) is 13.2 Å². The maximum absolute atomic E-state index is 12.6. The molecule has 0 bridgehead atoms. The van der Waals surface area contributed by atoms with E-state index in [1.165, 1.54) is 0 Å². The normalized spacial score (nSPS) is 14.6. The highest BCUT2D eigenvalue weighted by atomic mass is 16.8. The van der Waals surface area contributed by atoms with Crippen LogP contribution in [0, 0.1) is 11.8 Å². The Labute approximate surface area is 148 Å². The van der Waals surface area contributed by atoms with Crippen molar-refractivity contribution in [3.05, 3.63) is 24.3 Å². The Bertz CT molecular complexity index is 555. The lowest BCUT2D eigenvalue weighted by Crippen LogP contribution is -2.56. The zero-order valence-electron chi connectivity index (χ0n) is 15.2. The molecule has 0 saturated heterocycles. The van der Waals surface area contributed by atoms with E-state index in [-0.39, 0.29) is 13.2 Å². The van der Waals surface area contributed by atoms with Gasteiger partial charge in [-0.15, -0.1) is 0 Å². The summed E-state index contributed by atoms with van der Waals surface area (Å²) in [5, 5.41) is 0. The largest absolute Gasteiger partial charge is 0.459 e. The molecule has 0 saturated carbocycles. The van der Waals surface area contributed by atoms with E-state index in [2.05, 4.69) is 0 Å². The standard InChI is InChI=1S/C19H26O6/c1-13(2)9-11-22-17(20)19(18(21)23-12-10-14(3)4)24-15-7-5-6-8-16(15)25-19/h5-8,13-14H,9-12H2,1-4H3. The highest BCUT2D eigenvalue weighted by Crippen LogP contribution is 2.40. The van der Waals surface area contributed by atoms with Gasteiger partial charge in [-0.3, -0.25) is 0 Å². The molecule has 6 nitrogen and oxygen atoms in total. The second-order valence-electron chi connectivity index (χ2n) is 6.90. The van der Waals surface area contributed by atoms with Crippen LogP contribution in [0.4, 0.5) is 0 Å². The summed E-state index contributed by atoms with van der Waals surface area (Å²) in [6, 6.07) is 6.71. The van der Waals surface area contributed by atoms with Gasteiger partial charge in [0.2, 0.25) is 0 Å². The molecule has 0 spiro atoms. The number of para-hydroxylation sites is 2. The van der Waals surface area contributed by atoms with Crippen LogP contribution >= 0.6 is 0 Å². The fourth-order valence-electron chi connectivity index (χ4n) is 2.16. The third-order valence-electron chi connectivity index (χ3n) is 3.75. The van der Waals surface area contributed by atoms with Crippen molar-refractivity contribution in [3.63, 3.8) is 0 Å². The fourth-order valence-corrected chi connectivity index (χ4v) is 2.16. The van der Waals surface area contributed by atoms with E-state index >= 15 is 0 Å². The van der Waals surface area contributed by atoms with Crippen molar-refractivity contribution >= 4 is 11.9 Å². The molecule has 2 rings (SSSR count). The van der Waals surface area contributed by atoms with Gasteiger partial charge in [0, 0.05) is 0 Å². The van der Waals surface area contributed by atoms with E-state index < -0.39 is 17.7 Å². The van der Waals surface area contributed by atoms with Crippen molar-refractivity contribution in [1.82, 2.24) is 0 Å². The molecule has 25 heavy (non-hydrogen) atoms. The third-order valence-corrected chi connectivity index (χ3v) is 3.75. The molecule has 0 unspecified atom stereocenters. The first-order chi connectivity index (χ1) is 11.8. The predicted octanol–water partition coefficient (Wildman–Crippen LogP) is 3.33. The maximum atomic E-state index is 12.6. The molecule has 1 heterocycles. The lowest BCUT2D eigenvalue weighted by atomic mass is 10.1. The van der Waals surface area contributed by atoms with Gasteiger partial charge in [0.25, 0.3) is 0 Å². The Morgan fingerprint density at radius 3 is 1.64 bits per heavy atom. The van der Waals surface area contributed by atoms with Crippen LogP contribution < -0.4 is 9.47 Å². The van der Waals surface area contributed by atoms with Crippen molar-refractivity contribution in [2.24, 2.45) is 11.8 Å². The number of benzene rings is 1. The van der Waals surface area contributed by atoms with Crippen LogP contribution in [0.5, 0.6) is 11.5 Å². The maximum Gasteiger partial charge on any atom is 0.453 e. The summed E-state index contributed by atoms with van der Waals surface area (Å²) < 4.78 is 21.6. The molecule has 0 atom stereocenters. The number of rotatable bonds is 8. The molecular formula is C19H26O6. The number of hydrogen-bond acceptors (Lipinski definition) is 6. The summed E-state index contributed by atoms with van der Waals surface area (Å²) in [6.45, 7) is 8.43. The summed E-state index contributed by atoms with van der Waals surface area (Å²) >= 11 is 0. The highest BCUT2D eigenvalue weighted by molar-refractivity contribution is 6.03. The van der Waals surface area contributed by atoms with Gasteiger partial charge in [-0.1, -0.05) is 39.8 Å². The second kappa shape index (κ2) is 8.23. The first kappa shape index (κ1) is 19.1. The first-order valence-electron chi connectivity index (χ1n) is 8.66. The minimum absolute atomic E-state index is 0.181. The van der Waals surface area contributed by atoms with E-state index in [0.717, 1.165) is 0 Å². The summed E-state index contributed by atoms with van der Waals surface area (Å²) in [5.41, 5.74) is 0. The monoisotopic (exact) mass is 350 g/mol. The molecule has 1 aliphatic rings. The number of ether oxygens (including phenoxy) is 4. The zero-order valence-corrected chi connectivity index (χ0v) is 15.2. The van der Waals surface area contributed by atoms with Gasteiger partial charge in [-0.2, -0.15) is 0 Å². The van der Waals surface area contributed by atoms with Gasteiger partial charge in [0.15, 0.2) is 11.5 Å². The number of carbonyl (C=O) groups excluding carboxylic acids is 2. The lowest BCUT2D eigenvalue weighted by molar-refractivity contribution is -0.203. The summed E-state index contributed by atoms with van der Waals surface area (Å²) in [4.78, 5) is 25.2. The quantitative estimate of drug-likeness (QED) is 0.529. The van der Waals surface area contributed by atoms with Gasteiger partial charge >= 0.3 is 17.7 Å². The van der Waals surface area contributed by atoms with E-state index in [4.69, 9.17) is 18.9 Å². The molecule has 0 aliphatic carbocycles. The average molecular weight is 350 g/mol. The minimum atomic E-state index is -2.22. The summed E-state index contributed by atoms with van der Waals surface area (Å²) in [5.74, 6) is -2.66. The van der Waals surface area contributed by atoms with Crippen molar-refractivity contribution < 1.29 is 28.5 Å². The van der Waals surface area contributed by atoms with E-state index in [1.807, 2.05) is 27.7 Å². The number of carbonyl (C=O) groups is 2. The molecule has 0 fully saturated rings. The SMILES string of the molecule is CC(C)CCOC(=O)C1(C(=O)OCCC(C)C)Oc2ccccc2O1. The zero-order chi connectivity index (χ0) is 18.4. The number of hydrogen-bond donors (Lipinski definition) is 0. The molecule has 6 heteroatoms. The third kappa shape index (κ3) is 4.65. The van der Waals surface area contributed by atoms with Crippen LogP contribution in [0.25, 0.3) is 0 Å². The minimum Gasteiger partial charge on any atom is -0.459 e. The lowest BCUT2D eigenvalue weighted by Gasteiger charge is -2.23. The van der Waals surface area contributed by atoms with E-state index in [1.54, 1.807) is 24.3 Å². The van der Waals surface area contributed by atoms with Crippen molar-refractivity contribution in [2.75, 3.05) is 13.2 Å². The Morgan fingerprint density at radius 2 is 1.28 bits per heavy atom. The summed E-state index contributed by atoms with van der Waals surface area (Å²) in [7, 11) is 0. The van der Waals surface area contributed by atoms with Gasteiger partial charge in [-0.25, -0.2) is 9.59 Å². The van der Waals surface area contributed by atoms with E-state index in [0.29, 0.717) is 36.2 Å². The first-order valence-corrected chi connectivity index (χ1v) is 8.66. The Morgan fingerprint density at radius 1 is 0.880 bits per heavy atom. The van der Waals surface area contributed by atoms with Crippen LogP contribution in [0.1, 0.15) is 40.5 Å². The topological polar surface area (TPSA) is 71.1 Å². The summed E-state index contributed by atoms with van der Waals surface area (Å²) in [6.07, 6.45) is 1.36. The molecule has 0 N–H and O–H groups in total. The van der Waals surface area contributed by atoms with Crippen LogP contribution in [0.3, 0.4) is 0 Å². The second-order valence-corrected chi connectivity index (χ2v) is 6.90. The predicted molar refractivity (Wildman–Crippen MR) is 91.3 cm³/mol. The molecule has 0 aromatic heterocycles. The number of esters is 2. The van der Waals surface area contributed by atoms with Gasteiger partial charge in [0.1, 0.15) is 0 Å². The molecule has 1 aliphatic heterocycles. The van der Waals surface area contributed by atoms with Gasteiger partial charge < -0.3 is 18.9 Å².